The van der Waals surface area contributed by atoms with Gasteiger partial charge in [-0.1, -0.05) is 19.1 Å². The average molecular weight is 265 g/mol. The van der Waals surface area contributed by atoms with Crippen LogP contribution in [0.5, 0.6) is 5.75 Å². The zero-order chi connectivity index (χ0) is 14.5. The van der Waals surface area contributed by atoms with Gasteiger partial charge in [-0.2, -0.15) is 0 Å². The van der Waals surface area contributed by atoms with Crippen molar-refractivity contribution in [3.63, 3.8) is 0 Å². The van der Waals surface area contributed by atoms with Gasteiger partial charge >= 0.3 is 5.97 Å². The van der Waals surface area contributed by atoms with Crippen molar-refractivity contribution in [2.45, 2.75) is 33.2 Å². The molecule has 0 saturated carbocycles. The number of carboxylic acids is 1. The van der Waals surface area contributed by atoms with E-state index in [2.05, 4.69) is 12.2 Å². The lowest BCUT2D eigenvalue weighted by Crippen LogP contribution is -2.30. The monoisotopic (exact) mass is 265 g/mol. The van der Waals surface area contributed by atoms with E-state index in [1.165, 1.54) is 5.56 Å². The lowest BCUT2D eigenvalue weighted by Gasteiger charge is -2.20. The predicted octanol–water partition coefficient (Wildman–Crippen LogP) is 2.85. The molecule has 2 N–H and O–H groups in total. The molecule has 19 heavy (non-hydrogen) atoms. The van der Waals surface area contributed by atoms with Gasteiger partial charge in [0, 0.05) is 6.04 Å². The van der Waals surface area contributed by atoms with Crippen molar-refractivity contribution in [3.05, 3.63) is 29.8 Å². The zero-order valence-corrected chi connectivity index (χ0v) is 12.1. The molecular weight excluding hydrogens is 242 g/mol. The molecule has 0 fully saturated rings. The number of hydrogen-bond acceptors (Lipinski definition) is 3. The lowest BCUT2D eigenvalue weighted by atomic mass is 9.95. The van der Waals surface area contributed by atoms with Crippen LogP contribution in [0.15, 0.2) is 24.3 Å². The number of carboxylic acid groups (broad SMARTS) is 1. The zero-order valence-electron chi connectivity index (χ0n) is 12.1. The van der Waals surface area contributed by atoms with Crippen LogP contribution in [0.4, 0.5) is 0 Å². The van der Waals surface area contributed by atoms with Gasteiger partial charge in [0.05, 0.1) is 5.41 Å². The minimum Gasteiger partial charge on any atom is -0.492 e. The molecule has 1 atom stereocenters. The highest BCUT2D eigenvalue weighted by Gasteiger charge is 2.28. The van der Waals surface area contributed by atoms with Crippen LogP contribution in [0.1, 0.15) is 38.8 Å². The molecule has 0 radical (unpaired) electrons. The summed E-state index contributed by atoms with van der Waals surface area (Å²) in [7, 11) is 1.94. The fourth-order valence-corrected chi connectivity index (χ4v) is 1.73. The maximum Gasteiger partial charge on any atom is 0.312 e. The van der Waals surface area contributed by atoms with Crippen molar-refractivity contribution in [1.29, 1.82) is 0 Å². The summed E-state index contributed by atoms with van der Waals surface area (Å²) in [6, 6.07) is 8.12. The standard InChI is InChI=1S/C15H23NO3/c1-5-13(16-4)11-6-8-12(9-7-11)19-10-15(2,3)14(17)18/h6-9,13,16H,5,10H2,1-4H3,(H,17,18). The summed E-state index contributed by atoms with van der Waals surface area (Å²) in [6.45, 7) is 5.58. The Morgan fingerprint density at radius 3 is 2.37 bits per heavy atom. The second-order valence-corrected chi connectivity index (χ2v) is 5.30. The second kappa shape index (κ2) is 6.57. The van der Waals surface area contributed by atoms with Gasteiger partial charge in [-0.15, -0.1) is 0 Å². The van der Waals surface area contributed by atoms with E-state index in [0.717, 1.165) is 6.42 Å². The maximum atomic E-state index is 11.0. The fourth-order valence-electron chi connectivity index (χ4n) is 1.73. The molecule has 0 aliphatic rings. The van der Waals surface area contributed by atoms with Crippen molar-refractivity contribution < 1.29 is 14.6 Å². The molecule has 1 rings (SSSR count). The molecule has 106 valence electrons. The third kappa shape index (κ3) is 4.24. The van der Waals surface area contributed by atoms with E-state index in [1.807, 2.05) is 31.3 Å². The van der Waals surface area contributed by atoms with Crippen molar-refractivity contribution >= 4 is 5.97 Å². The number of aliphatic carboxylic acids is 1. The molecule has 4 heteroatoms. The van der Waals surface area contributed by atoms with Crippen LogP contribution in [0.25, 0.3) is 0 Å². The number of nitrogens with one attached hydrogen (secondary N) is 1. The minimum atomic E-state index is -0.879. The number of benzene rings is 1. The Bertz CT molecular complexity index is 408. The first-order valence-corrected chi connectivity index (χ1v) is 6.54. The van der Waals surface area contributed by atoms with E-state index >= 15 is 0 Å². The van der Waals surface area contributed by atoms with E-state index in [1.54, 1.807) is 13.8 Å². The maximum absolute atomic E-state index is 11.0. The normalized spacial score (nSPS) is 13.1. The largest absolute Gasteiger partial charge is 0.492 e. The van der Waals surface area contributed by atoms with Gasteiger partial charge in [-0.05, 0) is 45.0 Å². The Balaban J connectivity index is 2.65. The third-order valence-corrected chi connectivity index (χ3v) is 3.22. The molecule has 0 bridgehead atoms. The van der Waals surface area contributed by atoms with Gasteiger partial charge < -0.3 is 15.2 Å². The van der Waals surface area contributed by atoms with Crippen LogP contribution >= 0.6 is 0 Å². The van der Waals surface area contributed by atoms with Crippen LogP contribution in [0, 0.1) is 5.41 Å². The van der Waals surface area contributed by atoms with E-state index < -0.39 is 11.4 Å². The summed E-state index contributed by atoms with van der Waals surface area (Å²) in [6.07, 6.45) is 1.02. The van der Waals surface area contributed by atoms with Crippen LogP contribution in [0.3, 0.4) is 0 Å². The van der Waals surface area contributed by atoms with Crippen molar-refractivity contribution in [2.75, 3.05) is 13.7 Å². The van der Waals surface area contributed by atoms with Crippen molar-refractivity contribution in [3.8, 4) is 5.75 Å². The molecular formula is C15H23NO3. The molecule has 4 nitrogen and oxygen atoms in total. The van der Waals surface area contributed by atoms with E-state index in [4.69, 9.17) is 9.84 Å². The molecule has 0 aliphatic carbocycles. The van der Waals surface area contributed by atoms with Crippen LogP contribution in [-0.4, -0.2) is 24.7 Å². The van der Waals surface area contributed by atoms with Crippen molar-refractivity contribution in [2.24, 2.45) is 5.41 Å². The molecule has 0 aliphatic heterocycles. The highest BCUT2D eigenvalue weighted by atomic mass is 16.5. The van der Waals surface area contributed by atoms with Gasteiger partial charge in [0.15, 0.2) is 0 Å². The fraction of sp³-hybridized carbons (Fsp3) is 0.533. The first-order valence-electron chi connectivity index (χ1n) is 6.54. The SMILES string of the molecule is CCC(NC)c1ccc(OCC(C)(C)C(=O)O)cc1. The minimum absolute atomic E-state index is 0.158. The quantitative estimate of drug-likeness (QED) is 0.796. The number of carbonyl (C=O) groups is 1. The van der Waals surface area contributed by atoms with E-state index in [0.29, 0.717) is 11.8 Å². The summed E-state index contributed by atoms with van der Waals surface area (Å²) in [5.41, 5.74) is 0.324. The van der Waals surface area contributed by atoms with Gasteiger partial charge in [0.25, 0.3) is 0 Å². The molecule has 1 aromatic carbocycles. The lowest BCUT2D eigenvalue weighted by molar-refractivity contribution is -0.148. The molecule has 1 aromatic rings. The Labute approximate surface area is 114 Å². The van der Waals surface area contributed by atoms with Gasteiger partial charge in [-0.25, -0.2) is 0 Å². The van der Waals surface area contributed by atoms with Crippen LogP contribution in [-0.2, 0) is 4.79 Å². The molecule has 0 heterocycles. The summed E-state index contributed by atoms with van der Waals surface area (Å²) >= 11 is 0. The first kappa shape index (κ1) is 15.5. The van der Waals surface area contributed by atoms with Gasteiger partial charge in [0.2, 0.25) is 0 Å². The molecule has 0 aromatic heterocycles. The Kier molecular flexibility index (Phi) is 5.36. The van der Waals surface area contributed by atoms with E-state index in [-0.39, 0.29) is 6.61 Å². The summed E-state index contributed by atoms with van der Waals surface area (Å²) in [5, 5.41) is 12.3. The molecule has 1 unspecified atom stereocenters. The smallest absolute Gasteiger partial charge is 0.312 e. The average Bonchev–Trinajstić information content (AvgIpc) is 2.39. The van der Waals surface area contributed by atoms with Gasteiger partial charge in [-0.3, -0.25) is 4.79 Å². The Morgan fingerprint density at radius 2 is 1.95 bits per heavy atom. The Morgan fingerprint density at radius 1 is 1.37 bits per heavy atom. The topological polar surface area (TPSA) is 58.6 Å². The highest BCUT2D eigenvalue weighted by molar-refractivity contribution is 5.73. The predicted molar refractivity (Wildman–Crippen MR) is 75.4 cm³/mol. The summed E-state index contributed by atoms with van der Waals surface area (Å²) in [5.74, 6) is -0.158. The third-order valence-electron chi connectivity index (χ3n) is 3.22. The van der Waals surface area contributed by atoms with Crippen molar-refractivity contribution in [1.82, 2.24) is 5.32 Å². The summed E-state index contributed by atoms with van der Waals surface area (Å²) < 4.78 is 5.53. The first-order chi connectivity index (χ1) is 8.90. The van der Waals surface area contributed by atoms with E-state index in [9.17, 15) is 4.79 Å². The molecule has 0 saturated heterocycles. The second-order valence-electron chi connectivity index (χ2n) is 5.30. The summed E-state index contributed by atoms with van der Waals surface area (Å²) in [4.78, 5) is 11.0. The van der Waals surface area contributed by atoms with Gasteiger partial charge in [0.1, 0.15) is 12.4 Å². The van der Waals surface area contributed by atoms with Crippen LogP contribution in [0.2, 0.25) is 0 Å². The molecule has 0 spiro atoms. The molecule has 0 amide bonds. The number of hydrogen-bond donors (Lipinski definition) is 2. The Hall–Kier alpha value is -1.55. The van der Waals surface area contributed by atoms with Crippen LogP contribution < -0.4 is 10.1 Å². The number of ether oxygens (including phenoxy) is 1. The number of rotatable bonds is 7. The highest BCUT2D eigenvalue weighted by Crippen LogP contribution is 2.22.